The topological polar surface area (TPSA) is 75.6 Å². The fourth-order valence-corrected chi connectivity index (χ4v) is 1.16. The summed E-state index contributed by atoms with van der Waals surface area (Å²) in [6.07, 6.45) is 0.310. The Balaban J connectivity index is 2.34. The number of carbonyl (C=O) groups is 2. The van der Waals surface area contributed by atoms with Crippen molar-refractivity contribution < 1.29 is 19.4 Å². The third-order valence-electron chi connectivity index (χ3n) is 1.86. The van der Waals surface area contributed by atoms with E-state index in [1.165, 1.54) is 0 Å². The van der Waals surface area contributed by atoms with Crippen LogP contribution in [0.3, 0.4) is 0 Å². The average Bonchev–Trinajstić information content (AvgIpc) is 1.75. The fourth-order valence-electron chi connectivity index (χ4n) is 1.16. The molecule has 5 heteroatoms. The van der Waals surface area contributed by atoms with Crippen molar-refractivity contribution in [2.24, 2.45) is 0 Å². The number of aliphatic carboxylic acids is 1. The van der Waals surface area contributed by atoms with E-state index in [-0.39, 0.29) is 5.97 Å². The molecule has 1 heterocycles. The van der Waals surface area contributed by atoms with Gasteiger partial charge in [-0.15, -0.1) is 0 Å². The Morgan fingerprint density at radius 3 is 2.21 bits per heavy atom. The van der Waals surface area contributed by atoms with Crippen LogP contribution in [0.2, 0.25) is 0 Å². The fraction of sp³-hybridized carbons (Fsp3) is 0.778. The zero-order valence-electron chi connectivity index (χ0n) is 8.53. The van der Waals surface area contributed by atoms with E-state index in [4.69, 9.17) is 9.84 Å². The van der Waals surface area contributed by atoms with Crippen molar-refractivity contribution in [2.75, 3.05) is 0 Å². The largest absolute Gasteiger partial charge is 0.480 e. The number of hydrogen-bond acceptors (Lipinski definition) is 4. The van der Waals surface area contributed by atoms with E-state index in [1.807, 2.05) is 0 Å². The standard InChI is InChI=1S/C9H15NO4/c1-9(2,3)14-8(13)6-4-5(10-6)7(11)12/h5-6,10H,4H2,1-3H3,(H,11,12)/t5-,6+/m1/s1. The van der Waals surface area contributed by atoms with Crippen molar-refractivity contribution in [3.05, 3.63) is 0 Å². The average molecular weight is 201 g/mol. The Labute approximate surface area is 82.4 Å². The maximum atomic E-state index is 11.3. The SMILES string of the molecule is CC(C)(C)OC(=O)[C@@H]1C[C@H](C(=O)O)N1. The molecule has 0 radical (unpaired) electrons. The summed E-state index contributed by atoms with van der Waals surface area (Å²) in [6, 6.07) is -1.07. The molecule has 0 bridgehead atoms. The lowest BCUT2D eigenvalue weighted by molar-refractivity contribution is -0.162. The van der Waals surface area contributed by atoms with Crippen molar-refractivity contribution in [1.29, 1.82) is 0 Å². The summed E-state index contributed by atoms with van der Waals surface area (Å²) in [4.78, 5) is 21.8. The van der Waals surface area contributed by atoms with Crippen LogP contribution in [0.1, 0.15) is 27.2 Å². The molecule has 1 aliphatic heterocycles. The molecule has 0 aromatic rings. The predicted molar refractivity (Wildman–Crippen MR) is 48.8 cm³/mol. The maximum Gasteiger partial charge on any atom is 0.323 e. The van der Waals surface area contributed by atoms with E-state index in [2.05, 4.69) is 5.32 Å². The second-order valence-corrected chi connectivity index (χ2v) is 4.38. The molecule has 0 amide bonds. The number of carbonyl (C=O) groups excluding carboxylic acids is 1. The van der Waals surface area contributed by atoms with Crippen molar-refractivity contribution >= 4 is 11.9 Å². The number of nitrogens with one attached hydrogen (secondary N) is 1. The van der Waals surface area contributed by atoms with Gasteiger partial charge < -0.3 is 9.84 Å². The molecule has 1 saturated heterocycles. The maximum absolute atomic E-state index is 11.3. The highest BCUT2D eigenvalue weighted by atomic mass is 16.6. The number of hydrogen-bond donors (Lipinski definition) is 2. The zero-order valence-corrected chi connectivity index (χ0v) is 8.53. The number of rotatable bonds is 2. The van der Waals surface area contributed by atoms with Gasteiger partial charge in [-0.2, -0.15) is 0 Å². The quantitative estimate of drug-likeness (QED) is 0.622. The van der Waals surface area contributed by atoms with E-state index in [0.29, 0.717) is 6.42 Å². The van der Waals surface area contributed by atoms with E-state index in [0.717, 1.165) is 0 Å². The Morgan fingerprint density at radius 2 is 1.86 bits per heavy atom. The van der Waals surface area contributed by atoms with Crippen molar-refractivity contribution in [1.82, 2.24) is 5.32 Å². The lowest BCUT2D eigenvalue weighted by Gasteiger charge is -2.34. The molecule has 0 saturated carbocycles. The van der Waals surface area contributed by atoms with Crippen LogP contribution in [0, 0.1) is 0 Å². The van der Waals surface area contributed by atoms with E-state index in [9.17, 15) is 9.59 Å². The number of carboxylic acids is 1. The summed E-state index contributed by atoms with van der Waals surface area (Å²) in [5.41, 5.74) is -0.521. The van der Waals surface area contributed by atoms with Crippen molar-refractivity contribution in [3.8, 4) is 0 Å². The predicted octanol–water partition coefficient (Wildman–Crippen LogP) is 0.143. The Bertz CT molecular complexity index is 250. The monoisotopic (exact) mass is 201 g/mol. The van der Waals surface area contributed by atoms with Crippen LogP contribution < -0.4 is 5.32 Å². The minimum absolute atomic E-state index is 0.310. The van der Waals surface area contributed by atoms with Crippen LogP contribution in [-0.4, -0.2) is 34.7 Å². The summed E-state index contributed by atoms with van der Waals surface area (Å²) in [6.45, 7) is 5.33. The van der Waals surface area contributed by atoms with Gasteiger partial charge in [-0.1, -0.05) is 0 Å². The third-order valence-corrected chi connectivity index (χ3v) is 1.86. The summed E-state index contributed by atoms with van der Waals surface area (Å²) >= 11 is 0. The van der Waals surface area contributed by atoms with Gasteiger partial charge in [0.05, 0.1) is 0 Å². The second-order valence-electron chi connectivity index (χ2n) is 4.38. The van der Waals surface area contributed by atoms with Crippen molar-refractivity contribution in [3.63, 3.8) is 0 Å². The first kappa shape index (κ1) is 11.0. The van der Waals surface area contributed by atoms with Crippen LogP contribution in [0.4, 0.5) is 0 Å². The lowest BCUT2D eigenvalue weighted by Crippen LogP contribution is -2.60. The molecule has 2 atom stereocenters. The highest BCUT2D eigenvalue weighted by Gasteiger charge is 2.40. The van der Waals surface area contributed by atoms with Gasteiger partial charge in [0.25, 0.3) is 0 Å². The summed E-state index contributed by atoms with van der Waals surface area (Å²) in [7, 11) is 0. The zero-order chi connectivity index (χ0) is 10.9. The van der Waals surface area contributed by atoms with E-state index >= 15 is 0 Å². The van der Waals surface area contributed by atoms with Crippen LogP contribution in [0.15, 0.2) is 0 Å². The first-order chi connectivity index (χ1) is 6.29. The highest BCUT2D eigenvalue weighted by Crippen LogP contribution is 2.17. The van der Waals surface area contributed by atoms with Crippen molar-refractivity contribution in [2.45, 2.75) is 44.9 Å². The molecule has 1 aliphatic rings. The first-order valence-electron chi connectivity index (χ1n) is 4.51. The number of carboxylic acid groups (broad SMARTS) is 1. The molecule has 80 valence electrons. The van der Waals surface area contributed by atoms with Crippen LogP contribution in [0.5, 0.6) is 0 Å². The second kappa shape index (κ2) is 3.57. The number of esters is 1. The van der Waals surface area contributed by atoms with Crippen LogP contribution in [0.25, 0.3) is 0 Å². The molecule has 2 N–H and O–H groups in total. The first-order valence-corrected chi connectivity index (χ1v) is 4.51. The minimum atomic E-state index is -0.926. The summed E-state index contributed by atoms with van der Waals surface area (Å²) in [5, 5.41) is 11.2. The van der Waals surface area contributed by atoms with Gasteiger partial charge in [0, 0.05) is 0 Å². The van der Waals surface area contributed by atoms with Gasteiger partial charge in [-0.05, 0) is 27.2 Å². The Kier molecular flexibility index (Phi) is 2.80. The molecule has 1 rings (SSSR count). The van der Waals surface area contributed by atoms with Gasteiger partial charge in [0.15, 0.2) is 0 Å². The van der Waals surface area contributed by atoms with Gasteiger partial charge in [0.2, 0.25) is 0 Å². The molecule has 0 aromatic heterocycles. The highest BCUT2D eigenvalue weighted by molar-refractivity contribution is 5.83. The van der Waals surface area contributed by atoms with Crippen LogP contribution >= 0.6 is 0 Å². The molecule has 0 aromatic carbocycles. The smallest absolute Gasteiger partial charge is 0.323 e. The Morgan fingerprint density at radius 1 is 1.36 bits per heavy atom. The molecule has 1 fully saturated rings. The van der Waals surface area contributed by atoms with Gasteiger partial charge in [-0.25, -0.2) is 0 Å². The molecule has 14 heavy (non-hydrogen) atoms. The van der Waals surface area contributed by atoms with Gasteiger partial charge >= 0.3 is 11.9 Å². The van der Waals surface area contributed by atoms with E-state index in [1.54, 1.807) is 20.8 Å². The minimum Gasteiger partial charge on any atom is -0.480 e. The van der Waals surface area contributed by atoms with E-state index < -0.39 is 23.7 Å². The molecule has 0 spiro atoms. The Hall–Kier alpha value is -1.10. The molecular weight excluding hydrogens is 186 g/mol. The van der Waals surface area contributed by atoms with Crippen LogP contribution in [-0.2, 0) is 14.3 Å². The van der Waals surface area contributed by atoms with Gasteiger partial charge in [-0.3, -0.25) is 14.9 Å². The molecule has 0 unspecified atom stereocenters. The molecular formula is C9H15NO4. The summed E-state index contributed by atoms with van der Waals surface area (Å²) < 4.78 is 5.08. The lowest BCUT2D eigenvalue weighted by atomic mass is 9.97. The molecule has 5 nitrogen and oxygen atoms in total. The third kappa shape index (κ3) is 2.70. The summed E-state index contributed by atoms with van der Waals surface area (Å²) in [5.74, 6) is -1.31. The normalized spacial score (nSPS) is 26.5. The number of ether oxygens (including phenoxy) is 1. The van der Waals surface area contributed by atoms with Gasteiger partial charge in [0.1, 0.15) is 17.7 Å². The molecule has 0 aliphatic carbocycles.